The molecule has 1 atom stereocenters. The molecule has 0 heterocycles. The van der Waals surface area contributed by atoms with Crippen LogP contribution in [0.25, 0.3) is 11.1 Å². The van der Waals surface area contributed by atoms with Crippen LogP contribution in [-0.2, 0) is 27.3 Å². The molecule has 0 saturated carbocycles. The monoisotopic (exact) mass is 500 g/mol. The number of nitrogens with one attached hydrogen (secondary N) is 2. The molecule has 0 unspecified atom stereocenters. The van der Waals surface area contributed by atoms with Crippen LogP contribution in [0, 0.1) is 0 Å². The minimum Gasteiger partial charge on any atom is -0.449 e. The van der Waals surface area contributed by atoms with Gasteiger partial charge >= 0.3 is 6.09 Å². The zero-order valence-corrected chi connectivity index (χ0v) is 21.0. The van der Waals surface area contributed by atoms with Crippen LogP contribution in [0.5, 0.6) is 0 Å². The van der Waals surface area contributed by atoms with E-state index in [0.29, 0.717) is 13.0 Å². The van der Waals surface area contributed by atoms with E-state index in [1.54, 1.807) is 0 Å². The minimum atomic E-state index is -1.18. The van der Waals surface area contributed by atoms with Gasteiger partial charge in [0.2, 0.25) is 11.8 Å². The predicted molar refractivity (Wildman–Crippen MR) is 141 cm³/mol. The molecule has 192 valence electrons. The predicted octanol–water partition coefficient (Wildman–Crippen LogP) is 2.98. The molecule has 0 radical (unpaired) electrons. The second-order valence-electron chi connectivity index (χ2n) is 9.78. The highest BCUT2D eigenvalue weighted by Crippen LogP contribution is 2.44. The van der Waals surface area contributed by atoms with Crippen molar-refractivity contribution in [3.63, 3.8) is 0 Å². The maximum atomic E-state index is 12.4. The highest BCUT2D eigenvalue weighted by Gasteiger charge is 2.30. The number of rotatable bonds is 9. The number of amides is 3. The Morgan fingerprint density at radius 1 is 0.892 bits per heavy atom. The quantitative estimate of drug-likeness (QED) is 0.358. The van der Waals surface area contributed by atoms with Crippen molar-refractivity contribution >= 4 is 17.9 Å². The highest BCUT2D eigenvalue weighted by atomic mass is 16.5. The molecule has 3 amide bonds. The number of carbonyl (C=O) groups excluding carboxylic acids is 3. The molecular weight excluding hydrogens is 468 g/mol. The molecule has 0 aromatic heterocycles. The zero-order chi connectivity index (χ0) is 26.6. The maximum absolute atomic E-state index is 12.4. The van der Waals surface area contributed by atoms with Gasteiger partial charge in [-0.2, -0.15) is 0 Å². The fourth-order valence-electron chi connectivity index (χ4n) is 4.43. The summed E-state index contributed by atoms with van der Waals surface area (Å²) in [7, 11) is 0. The van der Waals surface area contributed by atoms with Gasteiger partial charge in [0.15, 0.2) is 0 Å². The molecular formula is C29H32N4O4. The van der Waals surface area contributed by atoms with Gasteiger partial charge in [0.1, 0.15) is 12.1 Å². The van der Waals surface area contributed by atoms with E-state index < -0.39 is 29.5 Å². The molecule has 37 heavy (non-hydrogen) atoms. The summed E-state index contributed by atoms with van der Waals surface area (Å²) in [5, 5.41) is 5.36. The number of carbonyl (C=O) groups is 3. The molecule has 3 aromatic rings. The van der Waals surface area contributed by atoms with Gasteiger partial charge in [-0.3, -0.25) is 9.59 Å². The molecule has 1 aliphatic carbocycles. The first-order valence-corrected chi connectivity index (χ1v) is 12.2. The van der Waals surface area contributed by atoms with Crippen molar-refractivity contribution in [3.05, 3.63) is 95.1 Å². The van der Waals surface area contributed by atoms with E-state index in [1.807, 2.05) is 48.5 Å². The van der Waals surface area contributed by atoms with Gasteiger partial charge in [-0.1, -0.05) is 72.8 Å². The van der Waals surface area contributed by atoms with Crippen molar-refractivity contribution in [2.45, 2.75) is 44.3 Å². The zero-order valence-electron chi connectivity index (χ0n) is 21.0. The Morgan fingerprint density at radius 2 is 1.43 bits per heavy atom. The molecule has 8 nitrogen and oxygen atoms in total. The van der Waals surface area contributed by atoms with Crippen LogP contribution in [0.3, 0.4) is 0 Å². The number of benzene rings is 3. The Balaban J connectivity index is 1.26. The van der Waals surface area contributed by atoms with E-state index in [9.17, 15) is 14.4 Å². The summed E-state index contributed by atoms with van der Waals surface area (Å²) >= 11 is 0. The number of hydrogen-bond donors (Lipinski definition) is 4. The van der Waals surface area contributed by atoms with Gasteiger partial charge in [-0.15, -0.1) is 0 Å². The van der Waals surface area contributed by atoms with E-state index in [4.69, 9.17) is 16.2 Å². The van der Waals surface area contributed by atoms with Crippen molar-refractivity contribution in [1.29, 1.82) is 0 Å². The lowest BCUT2D eigenvalue weighted by Crippen LogP contribution is -2.57. The minimum absolute atomic E-state index is 0.00684. The maximum Gasteiger partial charge on any atom is 0.407 e. The molecule has 0 fully saturated rings. The molecule has 0 bridgehead atoms. The van der Waals surface area contributed by atoms with Crippen LogP contribution >= 0.6 is 0 Å². The molecule has 0 saturated heterocycles. The topological polar surface area (TPSA) is 137 Å². The standard InChI is InChI=1S/C29H32N4O4/c1-29(2,27(31)35)33-26(34)25(30)15-18-11-13-19(14-12-18)16-32-28(36)37-17-24-22-9-5-3-7-20(22)21-8-4-6-10-23(21)24/h3-14,24-25H,15-17,30H2,1-2H3,(H2,31,35)(H,32,36)(H,33,34)/t25-/m0/s1. The number of fused-ring (bicyclic) bond motifs is 3. The Hall–Kier alpha value is -4.17. The first kappa shape index (κ1) is 25.9. The number of ether oxygens (including phenoxy) is 1. The summed E-state index contributed by atoms with van der Waals surface area (Å²) in [6, 6.07) is 23.0. The largest absolute Gasteiger partial charge is 0.449 e. The smallest absolute Gasteiger partial charge is 0.407 e. The summed E-state index contributed by atoms with van der Waals surface area (Å²) in [6.45, 7) is 3.61. The third kappa shape index (κ3) is 5.98. The van der Waals surface area contributed by atoms with Crippen molar-refractivity contribution in [2.24, 2.45) is 11.5 Å². The normalized spacial score (nSPS) is 13.3. The summed E-state index contributed by atoms with van der Waals surface area (Å²) in [5.74, 6) is -1.08. The molecule has 8 heteroatoms. The van der Waals surface area contributed by atoms with E-state index in [-0.39, 0.29) is 12.5 Å². The van der Waals surface area contributed by atoms with Crippen LogP contribution in [0.4, 0.5) is 4.79 Å². The number of alkyl carbamates (subject to hydrolysis) is 1. The third-order valence-electron chi connectivity index (χ3n) is 6.65. The molecule has 4 rings (SSSR count). The molecule has 6 N–H and O–H groups in total. The molecule has 1 aliphatic rings. The van der Waals surface area contributed by atoms with Crippen molar-refractivity contribution in [3.8, 4) is 11.1 Å². The van der Waals surface area contributed by atoms with Gasteiger partial charge < -0.3 is 26.8 Å². The van der Waals surface area contributed by atoms with Crippen molar-refractivity contribution in [2.75, 3.05) is 6.61 Å². The van der Waals surface area contributed by atoms with E-state index >= 15 is 0 Å². The first-order valence-electron chi connectivity index (χ1n) is 12.2. The Kier molecular flexibility index (Phi) is 7.59. The van der Waals surface area contributed by atoms with Crippen LogP contribution in [0.15, 0.2) is 72.8 Å². The highest BCUT2D eigenvalue weighted by molar-refractivity contribution is 5.91. The van der Waals surface area contributed by atoms with Gasteiger partial charge in [0, 0.05) is 12.5 Å². The number of primary amides is 1. The fourth-order valence-corrected chi connectivity index (χ4v) is 4.43. The lowest BCUT2D eigenvalue weighted by atomic mass is 9.98. The van der Waals surface area contributed by atoms with Crippen LogP contribution < -0.4 is 22.1 Å². The van der Waals surface area contributed by atoms with Crippen LogP contribution in [0.1, 0.15) is 42.0 Å². The second kappa shape index (κ2) is 10.8. The van der Waals surface area contributed by atoms with E-state index in [1.165, 1.54) is 25.0 Å². The van der Waals surface area contributed by atoms with Gasteiger partial charge in [-0.05, 0) is 53.6 Å². The Labute approximate surface area is 216 Å². The lowest BCUT2D eigenvalue weighted by molar-refractivity contribution is -0.131. The van der Waals surface area contributed by atoms with E-state index in [2.05, 4.69) is 34.9 Å². The SMILES string of the molecule is CC(C)(NC(=O)[C@@H](N)Cc1ccc(CNC(=O)OCC2c3ccccc3-c3ccccc32)cc1)C(N)=O. The average molecular weight is 501 g/mol. The number of hydrogen-bond acceptors (Lipinski definition) is 5. The summed E-state index contributed by atoms with van der Waals surface area (Å²) < 4.78 is 5.58. The molecule has 0 spiro atoms. The van der Waals surface area contributed by atoms with Crippen LogP contribution in [-0.4, -0.2) is 36.1 Å². The van der Waals surface area contributed by atoms with Crippen molar-refractivity contribution < 1.29 is 19.1 Å². The van der Waals surface area contributed by atoms with Gasteiger partial charge in [0.05, 0.1) is 6.04 Å². The Morgan fingerprint density at radius 3 is 2.00 bits per heavy atom. The van der Waals surface area contributed by atoms with E-state index in [0.717, 1.165) is 22.3 Å². The van der Waals surface area contributed by atoms with Gasteiger partial charge in [-0.25, -0.2) is 4.79 Å². The van der Waals surface area contributed by atoms with Gasteiger partial charge in [0.25, 0.3) is 0 Å². The average Bonchev–Trinajstić information content (AvgIpc) is 3.20. The lowest BCUT2D eigenvalue weighted by Gasteiger charge is -2.24. The molecule has 0 aliphatic heterocycles. The number of nitrogens with two attached hydrogens (primary N) is 2. The molecule has 3 aromatic carbocycles. The second-order valence-corrected chi connectivity index (χ2v) is 9.78. The third-order valence-corrected chi connectivity index (χ3v) is 6.65. The summed E-state index contributed by atoms with van der Waals surface area (Å²) in [6.07, 6.45) is -0.192. The Bertz CT molecular complexity index is 1260. The van der Waals surface area contributed by atoms with Crippen molar-refractivity contribution in [1.82, 2.24) is 10.6 Å². The van der Waals surface area contributed by atoms with Crippen LogP contribution in [0.2, 0.25) is 0 Å². The summed E-state index contributed by atoms with van der Waals surface area (Å²) in [5.41, 5.74) is 16.5. The first-order chi connectivity index (χ1) is 17.7. The fraction of sp³-hybridized carbons (Fsp3) is 0.276. The summed E-state index contributed by atoms with van der Waals surface area (Å²) in [4.78, 5) is 36.1.